The third-order valence-corrected chi connectivity index (χ3v) is 2.90. The molecular weight excluding hydrogens is 193 g/mol. The van der Waals surface area contributed by atoms with Crippen LogP contribution in [0, 0.1) is 0 Å². The number of rotatable bonds is 2. The Bertz CT molecular complexity index is 225. The highest BCUT2D eigenvalue weighted by Gasteiger charge is 2.18. The topological polar surface area (TPSA) is 55.4 Å². The molecule has 5 heteroatoms. The Hall–Kier alpha value is -0.995. The van der Waals surface area contributed by atoms with E-state index in [4.69, 9.17) is 0 Å². The zero-order valence-electron chi connectivity index (χ0n) is 9.25. The largest absolute Gasteiger partial charge is 0.462 e. The summed E-state index contributed by atoms with van der Waals surface area (Å²) >= 11 is 0. The van der Waals surface area contributed by atoms with E-state index in [-0.39, 0.29) is 0 Å². The molecule has 1 rings (SSSR count). The highest BCUT2D eigenvalue weighted by Crippen LogP contribution is 2.25. The van der Waals surface area contributed by atoms with Crippen LogP contribution in [0.4, 0.5) is 0 Å². The molecule has 0 unspecified atom stereocenters. The predicted octanol–water partition coefficient (Wildman–Crippen LogP) is 0.770. The standard InChI is InChI=1S/C10H18BNO3/c1-15-10(14)9(13)12-11-8-6-4-2-3-5-7-8/h8,11H,2-7H2,1H3,(H,12,13). The Morgan fingerprint density at radius 2 is 1.80 bits per heavy atom. The fraction of sp³-hybridized carbons (Fsp3) is 0.800. The summed E-state index contributed by atoms with van der Waals surface area (Å²) in [5.74, 6) is -0.897. The van der Waals surface area contributed by atoms with Crippen LogP contribution < -0.4 is 5.23 Å². The van der Waals surface area contributed by atoms with Crippen molar-refractivity contribution in [1.29, 1.82) is 0 Å². The van der Waals surface area contributed by atoms with E-state index in [1.807, 2.05) is 0 Å². The van der Waals surface area contributed by atoms with Gasteiger partial charge < -0.3 is 9.96 Å². The summed E-state index contributed by atoms with van der Waals surface area (Å²) in [5, 5.41) is 2.62. The van der Waals surface area contributed by atoms with E-state index in [1.54, 1.807) is 0 Å². The molecule has 0 atom stereocenters. The Morgan fingerprint density at radius 1 is 1.20 bits per heavy atom. The summed E-state index contributed by atoms with van der Waals surface area (Å²) in [6.45, 7) is 0. The van der Waals surface area contributed by atoms with Gasteiger partial charge in [-0.25, -0.2) is 4.79 Å². The molecule has 0 bridgehead atoms. The van der Waals surface area contributed by atoms with Crippen molar-refractivity contribution in [2.75, 3.05) is 7.11 Å². The molecule has 1 N–H and O–H groups in total. The van der Waals surface area contributed by atoms with Crippen molar-refractivity contribution in [3.05, 3.63) is 0 Å². The average Bonchev–Trinajstić information content (AvgIpc) is 2.53. The third-order valence-electron chi connectivity index (χ3n) is 2.90. The van der Waals surface area contributed by atoms with E-state index in [2.05, 4.69) is 9.96 Å². The van der Waals surface area contributed by atoms with E-state index in [0.29, 0.717) is 13.2 Å². The lowest BCUT2D eigenvalue weighted by molar-refractivity contribution is -0.151. The van der Waals surface area contributed by atoms with Crippen LogP contribution in [0.2, 0.25) is 5.82 Å². The zero-order chi connectivity index (χ0) is 11.1. The minimum atomic E-state index is -0.802. The van der Waals surface area contributed by atoms with E-state index in [9.17, 15) is 9.59 Å². The van der Waals surface area contributed by atoms with Gasteiger partial charge in [0.25, 0.3) is 0 Å². The van der Waals surface area contributed by atoms with Gasteiger partial charge in [0.1, 0.15) is 0 Å². The molecule has 0 aromatic carbocycles. The van der Waals surface area contributed by atoms with Gasteiger partial charge in [-0.1, -0.05) is 38.5 Å². The first-order chi connectivity index (χ1) is 7.24. The fourth-order valence-corrected chi connectivity index (χ4v) is 1.97. The van der Waals surface area contributed by atoms with Crippen LogP contribution in [0.3, 0.4) is 0 Å². The molecule has 1 fully saturated rings. The van der Waals surface area contributed by atoms with Gasteiger partial charge in [0, 0.05) is 0 Å². The number of hydrogen-bond donors (Lipinski definition) is 1. The van der Waals surface area contributed by atoms with Crippen LogP contribution in [0.5, 0.6) is 0 Å². The quantitative estimate of drug-likeness (QED) is 0.317. The van der Waals surface area contributed by atoms with Crippen molar-refractivity contribution < 1.29 is 14.3 Å². The van der Waals surface area contributed by atoms with Crippen LogP contribution in [0.25, 0.3) is 0 Å². The number of esters is 1. The molecule has 0 spiro atoms. The number of carbonyl (C=O) groups excluding carboxylic acids is 2. The number of methoxy groups -OCH3 is 1. The molecule has 1 aliphatic rings. The predicted molar refractivity (Wildman–Crippen MR) is 58.8 cm³/mol. The Morgan fingerprint density at radius 3 is 2.33 bits per heavy atom. The van der Waals surface area contributed by atoms with Crippen LogP contribution in [0.15, 0.2) is 0 Å². The van der Waals surface area contributed by atoms with Crippen molar-refractivity contribution in [1.82, 2.24) is 5.23 Å². The smallest absolute Gasteiger partial charge is 0.395 e. The second-order valence-electron chi connectivity index (χ2n) is 4.06. The van der Waals surface area contributed by atoms with E-state index in [1.165, 1.54) is 32.8 Å². The summed E-state index contributed by atoms with van der Waals surface area (Å²) in [5.41, 5.74) is 0. The Kier molecular flexibility index (Phi) is 5.22. The Balaban J connectivity index is 2.23. The minimum Gasteiger partial charge on any atom is -0.462 e. The lowest BCUT2D eigenvalue weighted by Crippen LogP contribution is -2.36. The van der Waals surface area contributed by atoms with Crippen molar-refractivity contribution in [2.45, 2.75) is 44.3 Å². The van der Waals surface area contributed by atoms with E-state index < -0.39 is 11.9 Å². The van der Waals surface area contributed by atoms with E-state index in [0.717, 1.165) is 12.8 Å². The molecule has 1 amide bonds. The normalized spacial score (nSPS) is 17.7. The van der Waals surface area contributed by atoms with Gasteiger partial charge in [-0.05, 0) is 5.82 Å². The number of amides is 1. The molecule has 0 saturated heterocycles. The monoisotopic (exact) mass is 211 g/mol. The van der Waals surface area contributed by atoms with Gasteiger partial charge in [-0.15, -0.1) is 0 Å². The lowest BCUT2D eigenvalue weighted by atomic mass is 9.71. The summed E-state index contributed by atoms with van der Waals surface area (Å²) in [7, 11) is 1.82. The zero-order valence-corrected chi connectivity index (χ0v) is 9.25. The molecule has 4 nitrogen and oxygen atoms in total. The molecule has 15 heavy (non-hydrogen) atoms. The molecule has 1 aliphatic carbocycles. The van der Waals surface area contributed by atoms with Crippen molar-refractivity contribution in [2.24, 2.45) is 0 Å². The summed E-state index contributed by atoms with van der Waals surface area (Å²) in [4.78, 5) is 21.9. The maximum Gasteiger partial charge on any atom is 0.395 e. The maximum absolute atomic E-state index is 11.1. The number of carbonyl (C=O) groups is 2. The molecule has 84 valence electrons. The highest BCUT2D eigenvalue weighted by atomic mass is 16.5. The Labute approximate surface area is 91.0 Å². The first-order valence-electron chi connectivity index (χ1n) is 5.60. The summed E-state index contributed by atoms with van der Waals surface area (Å²) in [6.07, 6.45) is 7.36. The van der Waals surface area contributed by atoms with Gasteiger partial charge in [0.15, 0.2) is 0 Å². The van der Waals surface area contributed by atoms with Gasteiger partial charge in [-0.3, -0.25) is 4.79 Å². The molecule has 0 aromatic heterocycles. The van der Waals surface area contributed by atoms with Crippen molar-refractivity contribution in [3.8, 4) is 0 Å². The van der Waals surface area contributed by atoms with Gasteiger partial charge in [0.05, 0.1) is 7.11 Å². The van der Waals surface area contributed by atoms with Crippen LogP contribution >= 0.6 is 0 Å². The SMILES string of the molecule is COC(=O)C(=O)NBC1CCCCCC1. The van der Waals surface area contributed by atoms with Crippen LogP contribution in [-0.2, 0) is 14.3 Å². The number of nitrogens with one attached hydrogen (secondary N) is 1. The third kappa shape index (κ3) is 4.36. The minimum absolute atomic E-state index is 0.529. The van der Waals surface area contributed by atoms with Crippen LogP contribution in [-0.4, -0.2) is 26.4 Å². The van der Waals surface area contributed by atoms with E-state index >= 15 is 0 Å². The number of hydrogen-bond acceptors (Lipinski definition) is 3. The molecule has 0 radical (unpaired) electrons. The summed E-state index contributed by atoms with van der Waals surface area (Å²) in [6, 6.07) is 0. The molecule has 0 aromatic rings. The van der Waals surface area contributed by atoms with Gasteiger partial charge in [-0.2, -0.15) is 0 Å². The van der Waals surface area contributed by atoms with Crippen molar-refractivity contribution >= 4 is 19.3 Å². The van der Waals surface area contributed by atoms with Crippen molar-refractivity contribution in [3.63, 3.8) is 0 Å². The van der Waals surface area contributed by atoms with Gasteiger partial charge in [0.2, 0.25) is 7.41 Å². The molecular formula is C10H18BNO3. The average molecular weight is 211 g/mol. The molecule has 0 heterocycles. The first-order valence-corrected chi connectivity index (χ1v) is 5.60. The second kappa shape index (κ2) is 6.48. The molecule has 1 saturated carbocycles. The number of ether oxygens (including phenoxy) is 1. The molecule has 0 aliphatic heterocycles. The lowest BCUT2D eigenvalue weighted by Gasteiger charge is -2.11. The van der Waals surface area contributed by atoms with Gasteiger partial charge >= 0.3 is 11.9 Å². The highest BCUT2D eigenvalue weighted by molar-refractivity contribution is 6.47. The maximum atomic E-state index is 11.1. The second-order valence-corrected chi connectivity index (χ2v) is 4.06. The summed E-state index contributed by atoms with van der Waals surface area (Å²) < 4.78 is 4.33. The fourth-order valence-electron chi connectivity index (χ4n) is 1.97. The first kappa shape index (κ1) is 12.1. The van der Waals surface area contributed by atoms with Crippen LogP contribution in [0.1, 0.15) is 38.5 Å².